The fourth-order valence-electron chi connectivity index (χ4n) is 4.54. The van der Waals surface area contributed by atoms with E-state index in [1.165, 1.54) is 22.3 Å². The van der Waals surface area contributed by atoms with Crippen molar-refractivity contribution < 1.29 is 9.53 Å². The molecule has 29 heavy (non-hydrogen) atoms. The summed E-state index contributed by atoms with van der Waals surface area (Å²) in [6, 6.07) is 14.7. The molecule has 0 aromatic heterocycles. The molecule has 2 aromatic carbocycles. The Balaban J connectivity index is 1.72. The Morgan fingerprint density at radius 2 is 1.93 bits per heavy atom. The van der Waals surface area contributed by atoms with Crippen molar-refractivity contribution in [2.24, 2.45) is 4.99 Å². The van der Waals surface area contributed by atoms with Gasteiger partial charge in [0.05, 0.1) is 18.8 Å². The molecule has 1 aliphatic carbocycles. The molecular formula is C24H24N2O2S. The number of fused-ring (bicyclic) bond motifs is 3. The zero-order chi connectivity index (χ0) is 20.0. The summed E-state index contributed by atoms with van der Waals surface area (Å²) >= 11 is 1.69. The summed E-state index contributed by atoms with van der Waals surface area (Å²) < 4.78 is 5.35. The molecule has 2 aliphatic heterocycles. The van der Waals surface area contributed by atoms with Gasteiger partial charge in [-0.25, -0.2) is 4.99 Å². The van der Waals surface area contributed by atoms with E-state index >= 15 is 0 Å². The summed E-state index contributed by atoms with van der Waals surface area (Å²) in [6.45, 7) is 2.13. The minimum absolute atomic E-state index is 0.0878. The van der Waals surface area contributed by atoms with Gasteiger partial charge in [0.15, 0.2) is 5.17 Å². The third-order valence-corrected chi connectivity index (χ3v) is 6.92. The van der Waals surface area contributed by atoms with Gasteiger partial charge >= 0.3 is 0 Å². The van der Waals surface area contributed by atoms with Crippen molar-refractivity contribution in [1.82, 2.24) is 4.90 Å². The number of carbonyl (C=O) groups is 1. The van der Waals surface area contributed by atoms with E-state index < -0.39 is 0 Å². The van der Waals surface area contributed by atoms with Gasteiger partial charge in [-0.15, -0.1) is 0 Å². The normalized spacial score (nSPS) is 21.0. The molecule has 0 saturated carbocycles. The highest BCUT2D eigenvalue weighted by Crippen LogP contribution is 2.46. The zero-order valence-electron chi connectivity index (χ0n) is 16.8. The van der Waals surface area contributed by atoms with E-state index in [0.29, 0.717) is 6.42 Å². The first-order valence-corrected chi connectivity index (χ1v) is 11.1. The third-order valence-electron chi connectivity index (χ3n) is 5.97. The second-order valence-corrected chi connectivity index (χ2v) is 8.88. The van der Waals surface area contributed by atoms with Crippen molar-refractivity contribution in [1.29, 1.82) is 0 Å². The summed E-state index contributed by atoms with van der Waals surface area (Å²) in [5.41, 5.74) is 7.31. The van der Waals surface area contributed by atoms with E-state index in [-0.39, 0.29) is 11.9 Å². The minimum atomic E-state index is -0.0878. The van der Waals surface area contributed by atoms with Gasteiger partial charge in [0.1, 0.15) is 5.75 Å². The van der Waals surface area contributed by atoms with E-state index in [4.69, 9.17) is 9.73 Å². The average molecular weight is 405 g/mol. The molecule has 3 aliphatic rings. The Morgan fingerprint density at radius 3 is 2.72 bits per heavy atom. The molecule has 148 valence electrons. The molecular weight excluding hydrogens is 380 g/mol. The van der Waals surface area contributed by atoms with Crippen LogP contribution in [0.4, 0.5) is 0 Å². The first-order chi connectivity index (χ1) is 14.2. The van der Waals surface area contributed by atoms with Gasteiger partial charge in [0.25, 0.3) is 0 Å². The van der Waals surface area contributed by atoms with Crippen molar-refractivity contribution in [2.75, 3.05) is 12.9 Å². The van der Waals surface area contributed by atoms with Crippen LogP contribution in [0, 0.1) is 6.92 Å². The lowest BCUT2D eigenvalue weighted by molar-refractivity contribution is -0.128. The van der Waals surface area contributed by atoms with E-state index in [2.05, 4.69) is 37.3 Å². The SMILES string of the molecule is COc1ccc(C2C3=C(N=C4SCCC(=O)N42)c2cc(C)ccc2CCC3)cc1. The van der Waals surface area contributed by atoms with Crippen LogP contribution in [0.25, 0.3) is 5.70 Å². The molecule has 5 rings (SSSR count). The van der Waals surface area contributed by atoms with Crippen LogP contribution in [-0.4, -0.2) is 28.8 Å². The summed E-state index contributed by atoms with van der Waals surface area (Å²) in [6.07, 6.45) is 3.63. The average Bonchev–Trinajstić information content (AvgIpc) is 2.92. The number of hydrogen-bond donors (Lipinski definition) is 0. The Morgan fingerprint density at radius 1 is 1.10 bits per heavy atom. The lowest BCUT2D eigenvalue weighted by atomic mass is 9.90. The maximum atomic E-state index is 13.0. The topological polar surface area (TPSA) is 41.9 Å². The number of aliphatic imine (C=N–C) groups is 1. The zero-order valence-corrected chi connectivity index (χ0v) is 17.6. The quantitative estimate of drug-likeness (QED) is 0.697. The molecule has 1 unspecified atom stereocenters. The van der Waals surface area contributed by atoms with Gasteiger partial charge < -0.3 is 4.74 Å². The first kappa shape index (κ1) is 18.5. The number of rotatable bonds is 2. The highest BCUT2D eigenvalue weighted by atomic mass is 32.2. The molecule has 0 bridgehead atoms. The number of amidine groups is 1. The lowest BCUT2D eigenvalue weighted by Crippen LogP contribution is -2.44. The van der Waals surface area contributed by atoms with Crippen LogP contribution in [0.2, 0.25) is 0 Å². The number of ether oxygens (including phenoxy) is 1. The third kappa shape index (κ3) is 3.18. The lowest BCUT2D eigenvalue weighted by Gasteiger charge is -2.40. The van der Waals surface area contributed by atoms with Crippen LogP contribution in [0.15, 0.2) is 53.0 Å². The molecule has 5 heteroatoms. The standard InChI is InChI=1S/C24H24N2O2S/c1-15-6-7-16-4-3-5-19-22(20(16)14-15)25-24-26(21(27)12-13-29-24)23(19)17-8-10-18(28-2)11-9-17/h6-11,14,23H,3-5,12-13H2,1-2H3. The van der Waals surface area contributed by atoms with Crippen LogP contribution < -0.4 is 4.74 Å². The van der Waals surface area contributed by atoms with Crippen LogP contribution in [-0.2, 0) is 11.2 Å². The van der Waals surface area contributed by atoms with Crippen LogP contribution in [0.5, 0.6) is 5.75 Å². The minimum Gasteiger partial charge on any atom is -0.497 e. The monoisotopic (exact) mass is 404 g/mol. The summed E-state index contributed by atoms with van der Waals surface area (Å²) in [5, 5.41) is 0.843. The van der Waals surface area contributed by atoms with E-state index in [0.717, 1.165) is 47.2 Å². The van der Waals surface area contributed by atoms with E-state index in [1.807, 2.05) is 17.0 Å². The number of carbonyl (C=O) groups excluding carboxylic acids is 1. The van der Waals surface area contributed by atoms with Gasteiger partial charge in [0, 0.05) is 17.7 Å². The Bertz CT molecular complexity index is 1040. The number of hydrogen-bond acceptors (Lipinski definition) is 4. The molecule has 1 atom stereocenters. The van der Waals surface area contributed by atoms with E-state index in [9.17, 15) is 4.79 Å². The number of benzene rings is 2. The highest BCUT2D eigenvalue weighted by Gasteiger charge is 2.40. The fraction of sp³-hybridized carbons (Fsp3) is 0.333. The van der Waals surface area contributed by atoms with Crippen molar-refractivity contribution in [3.05, 3.63) is 70.3 Å². The van der Waals surface area contributed by atoms with Gasteiger partial charge in [-0.05, 0) is 61.1 Å². The number of thioether (sulfide) groups is 1. The number of amides is 1. The predicted octanol–water partition coefficient (Wildman–Crippen LogP) is 5.13. The molecule has 0 spiro atoms. The van der Waals surface area contributed by atoms with Gasteiger partial charge in [-0.1, -0.05) is 41.6 Å². The highest BCUT2D eigenvalue weighted by molar-refractivity contribution is 8.14. The van der Waals surface area contributed by atoms with Gasteiger partial charge in [0.2, 0.25) is 5.91 Å². The van der Waals surface area contributed by atoms with Gasteiger partial charge in [-0.3, -0.25) is 9.69 Å². The summed E-state index contributed by atoms with van der Waals surface area (Å²) in [5.74, 6) is 1.80. The Hall–Kier alpha value is -2.53. The summed E-state index contributed by atoms with van der Waals surface area (Å²) in [7, 11) is 1.68. The molecule has 1 amide bonds. The molecule has 0 N–H and O–H groups in total. The second kappa shape index (κ2) is 7.38. The van der Waals surface area contributed by atoms with Crippen molar-refractivity contribution in [3.63, 3.8) is 0 Å². The molecule has 2 aromatic rings. The Labute approximate surface area is 175 Å². The van der Waals surface area contributed by atoms with Crippen molar-refractivity contribution in [2.45, 2.75) is 38.6 Å². The fourth-order valence-corrected chi connectivity index (χ4v) is 5.50. The molecule has 1 saturated heterocycles. The molecule has 0 radical (unpaired) electrons. The maximum Gasteiger partial charge on any atom is 0.230 e. The Kier molecular flexibility index (Phi) is 4.70. The predicted molar refractivity (Wildman–Crippen MR) is 118 cm³/mol. The second-order valence-electron chi connectivity index (χ2n) is 7.82. The van der Waals surface area contributed by atoms with E-state index in [1.54, 1.807) is 18.9 Å². The smallest absolute Gasteiger partial charge is 0.230 e. The molecule has 1 fully saturated rings. The van der Waals surface area contributed by atoms with Gasteiger partial charge in [-0.2, -0.15) is 0 Å². The molecule has 2 heterocycles. The number of methoxy groups -OCH3 is 1. The molecule has 4 nitrogen and oxygen atoms in total. The number of nitrogens with zero attached hydrogens (tertiary/aromatic N) is 2. The van der Waals surface area contributed by atoms with Crippen LogP contribution in [0.1, 0.15) is 47.6 Å². The van der Waals surface area contributed by atoms with Crippen LogP contribution in [0.3, 0.4) is 0 Å². The largest absolute Gasteiger partial charge is 0.497 e. The van der Waals surface area contributed by atoms with Crippen LogP contribution >= 0.6 is 11.8 Å². The first-order valence-electron chi connectivity index (χ1n) is 10.2. The van der Waals surface area contributed by atoms with Crippen molar-refractivity contribution >= 4 is 28.5 Å². The number of aryl methyl sites for hydroxylation is 2. The summed E-state index contributed by atoms with van der Waals surface area (Å²) in [4.78, 5) is 20.0. The van der Waals surface area contributed by atoms with Crippen molar-refractivity contribution in [3.8, 4) is 5.75 Å². The maximum absolute atomic E-state index is 13.0.